The van der Waals surface area contributed by atoms with Gasteiger partial charge in [0.25, 0.3) is 15.9 Å². The van der Waals surface area contributed by atoms with E-state index in [1.807, 2.05) is 6.07 Å². The standard InChI is InChI=1S/C24H21FN2O6S/c1-30-15-7-6-8-17(13-15)34(28,29)27-21-12-11-16(14-19(21)25)33-22-18-9-4-5-10-20(18)26-24(32-3)23(22)31-2/h4-14,27H,1-3H3. The van der Waals surface area contributed by atoms with Crippen LogP contribution < -0.4 is 23.7 Å². The molecule has 0 aliphatic heterocycles. The molecule has 0 fully saturated rings. The summed E-state index contributed by atoms with van der Waals surface area (Å²) in [7, 11) is 0.274. The number of benzene rings is 3. The highest BCUT2D eigenvalue weighted by Gasteiger charge is 2.21. The van der Waals surface area contributed by atoms with Crippen LogP contribution in [0, 0.1) is 5.82 Å². The Labute approximate surface area is 195 Å². The molecule has 0 amide bonds. The number of rotatable bonds is 8. The van der Waals surface area contributed by atoms with Gasteiger partial charge in [-0.2, -0.15) is 0 Å². The number of sulfonamides is 1. The van der Waals surface area contributed by atoms with Crippen molar-refractivity contribution in [3.05, 3.63) is 72.5 Å². The van der Waals surface area contributed by atoms with Crippen LogP contribution in [0.4, 0.5) is 10.1 Å². The minimum atomic E-state index is -4.04. The summed E-state index contributed by atoms with van der Waals surface area (Å²) < 4.78 is 64.3. The summed E-state index contributed by atoms with van der Waals surface area (Å²) in [5.74, 6) is 0.394. The fraction of sp³-hybridized carbons (Fsp3) is 0.125. The molecule has 1 heterocycles. The van der Waals surface area contributed by atoms with Crippen LogP contribution in [0.2, 0.25) is 0 Å². The van der Waals surface area contributed by atoms with Crippen LogP contribution in [-0.4, -0.2) is 34.7 Å². The van der Waals surface area contributed by atoms with Gasteiger partial charge in [0.1, 0.15) is 11.5 Å². The Kier molecular flexibility index (Phi) is 6.42. The molecule has 0 aliphatic rings. The van der Waals surface area contributed by atoms with Crippen LogP contribution in [-0.2, 0) is 10.0 Å². The number of hydrogen-bond donors (Lipinski definition) is 1. The van der Waals surface area contributed by atoms with E-state index in [9.17, 15) is 12.8 Å². The highest BCUT2D eigenvalue weighted by Crippen LogP contribution is 2.43. The molecule has 0 bridgehead atoms. The molecule has 176 valence electrons. The topological polar surface area (TPSA) is 96.0 Å². The second-order valence-electron chi connectivity index (χ2n) is 7.03. The van der Waals surface area contributed by atoms with E-state index in [0.29, 0.717) is 16.7 Å². The number of aromatic nitrogens is 1. The van der Waals surface area contributed by atoms with Crippen LogP contribution in [0.15, 0.2) is 71.6 Å². The van der Waals surface area contributed by atoms with Crippen molar-refractivity contribution in [2.24, 2.45) is 0 Å². The van der Waals surface area contributed by atoms with E-state index >= 15 is 0 Å². The van der Waals surface area contributed by atoms with Crippen LogP contribution in [0.1, 0.15) is 0 Å². The summed E-state index contributed by atoms with van der Waals surface area (Å²) in [6.45, 7) is 0. The molecule has 0 radical (unpaired) electrons. The molecular formula is C24H21FN2O6S. The Morgan fingerprint density at radius 2 is 1.62 bits per heavy atom. The highest BCUT2D eigenvalue weighted by atomic mass is 32.2. The minimum absolute atomic E-state index is 0.0633. The number of pyridine rings is 1. The second-order valence-corrected chi connectivity index (χ2v) is 8.71. The van der Waals surface area contributed by atoms with Gasteiger partial charge in [-0.15, -0.1) is 0 Å². The number of halogens is 1. The van der Waals surface area contributed by atoms with E-state index in [0.717, 1.165) is 6.07 Å². The summed E-state index contributed by atoms with van der Waals surface area (Å²) in [4.78, 5) is 4.33. The van der Waals surface area contributed by atoms with Gasteiger partial charge in [0.15, 0.2) is 11.6 Å². The maximum absolute atomic E-state index is 14.9. The number of nitrogens with zero attached hydrogens (tertiary/aromatic N) is 1. The van der Waals surface area contributed by atoms with Crippen LogP contribution in [0.3, 0.4) is 0 Å². The maximum atomic E-state index is 14.9. The molecule has 0 saturated carbocycles. The zero-order valence-corrected chi connectivity index (χ0v) is 19.4. The molecule has 0 aliphatic carbocycles. The first-order valence-corrected chi connectivity index (χ1v) is 11.5. The van der Waals surface area contributed by atoms with Gasteiger partial charge in [-0.1, -0.05) is 18.2 Å². The van der Waals surface area contributed by atoms with Crippen molar-refractivity contribution in [3.8, 4) is 28.9 Å². The van der Waals surface area contributed by atoms with Crippen LogP contribution in [0.5, 0.6) is 28.9 Å². The van der Waals surface area contributed by atoms with Crippen molar-refractivity contribution in [3.63, 3.8) is 0 Å². The molecule has 0 unspecified atom stereocenters. The molecule has 4 rings (SSSR count). The van der Waals surface area contributed by atoms with Crippen molar-refractivity contribution < 1.29 is 31.8 Å². The molecule has 34 heavy (non-hydrogen) atoms. The Bertz CT molecular complexity index is 1460. The number of nitrogens with one attached hydrogen (secondary N) is 1. The predicted octanol–water partition coefficient (Wildman–Crippen LogP) is 4.99. The summed E-state index contributed by atoms with van der Waals surface area (Å²) >= 11 is 0. The molecule has 1 aromatic heterocycles. The summed E-state index contributed by atoms with van der Waals surface area (Å²) in [5.41, 5.74) is 0.359. The fourth-order valence-corrected chi connectivity index (χ4v) is 4.40. The number of anilines is 1. The Morgan fingerprint density at radius 3 is 2.32 bits per heavy atom. The zero-order valence-electron chi connectivity index (χ0n) is 18.5. The van der Waals surface area contributed by atoms with E-state index in [-0.39, 0.29) is 33.7 Å². The first-order chi connectivity index (χ1) is 16.4. The van der Waals surface area contributed by atoms with E-state index in [4.69, 9.17) is 18.9 Å². The largest absolute Gasteiger partial charge is 0.497 e. The monoisotopic (exact) mass is 484 g/mol. The lowest BCUT2D eigenvalue weighted by Gasteiger charge is -2.16. The Balaban J connectivity index is 1.67. The molecule has 10 heteroatoms. The SMILES string of the molecule is COc1cccc(S(=O)(=O)Nc2ccc(Oc3c(OC)c(OC)nc4ccccc34)cc2F)c1. The lowest BCUT2D eigenvalue weighted by atomic mass is 10.2. The van der Waals surface area contributed by atoms with Gasteiger partial charge in [-0.25, -0.2) is 17.8 Å². The minimum Gasteiger partial charge on any atom is -0.497 e. The zero-order chi connectivity index (χ0) is 24.3. The van der Waals surface area contributed by atoms with E-state index in [2.05, 4.69) is 9.71 Å². The van der Waals surface area contributed by atoms with Crippen LogP contribution in [0.25, 0.3) is 10.9 Å². The lowest BCUT2D eigenvalue weighted by molar-refractivity contribution is 0.329. The normalized spacial score (nSPS) is 11.2. The molecular weight excluding hydrogens is 463 g/mol. The third-order valence-corrected chi connectivity index (χ3v) is 6.29. The molecule has 0 spiro atoms. The van der Waals surface area contributed by atoms with Gasteiger partial charge < -0.3 is 18.9 Å². The van der Waals surface area contributed by atoms with Gasteiger partial charge >= 0.3 is 0 Å². The first-order valence-electron chi connectivity index (χ1n) is 10.0. The van der Waals surface area contributed by atoms with E-state index in [1.165, 1.54) is 51.7 Å². The average molecular weight is 485 g/mol. The van der Waals surface area contributed by atoms with Gasteiger partial charge in [0.05, 0.1) is 37.4 Å². The number of hydrogen-bond acceptors (Lipinski definition) is 7. The Hall–Kier alpha value is -4.05. The van der Waals surface area contributed by atoms with Crippen molar-refractivity contribution in [2.75, 3.05) is 26.1 Å². The quantitative estimate of drug-likeness (QED) is 0.376. The van der Waals surface area contributed by atoms with Gasteiger partial charge in [0.2, 0.25) is 5.75 Å². The average Bonchev–Trinajstić information content (AvgIpc) is 2.85. The lowest BCUT2D eigenvalue weighted by Crippen LogP contribution is -2.14. The number of methoxy groups -OCH3 is 3. The Morgan fingerprint density at radius 1 is 0.824 bits per heavy atom. The molecule has 0 atom stereocenters. The number of fused-ring (bicyclic) bond motifs is 1. The van der Waals surface area contributed by atoms with E-state index < -0.39 is 15.8 Å². The molecule has 4 aromatic rings. The summed E-state index contributed by atoms with van der Waals surface area (Å²) in [6.07, 6.45) is 0. The number of para-hydroxylation sites is 1. The molecule has 0 saturated heterocycles. The third-order valence-electron chi connectivity index (χ3n) is 4.92. The van der Waals surface area contributed by atoms with Gasteiger partial charge in [-0.3, -0.25) is 4.72 Å². The van der Waals surface area contributed by atoms with Crippen molar-refractivity contribution in [1.29, 1.82) is 0 Å². The summed E-state index contributed by atoms with van der Waals surface area (Å²) in [5, 5.41) is 0.628. The smallest absolute Gasteiger partial charge is 0.262 e. The maximum Gasteiger partial charge on any atom is 0.262 e. The van der Waals surface area contributed by atoms with Gasteiger partial charge in [-0.05, 0) is 36.4 Å². The first kappa shape index (κ1) is 23.1. The molecule has 3 aromatic carbocycles. The fourth-order valence-electron chi connectivity index (χ4n) is 3.29. The second kappa shape index (κ2) is 9.44. The van der Waals surface area contributed by atoms with Crippen molar-refractivity contribution in [1.82, 2.24) is 4.98 Å². The van der Waals surface area contributed by atoms with E-state index in [1.54, 1.807) is 24.3 Å². The molecule has 1 N–H and O–H groups in total. The predicted molar refractivity (Wildman–Crippen MR) is 125 cm³/mol. The van der Waals surface area contributed by atoms with Crippen molar-refractivity contribution >= 4 is 26.6 Å². The number of ether oxygens (including phenoxy) is 4. The third kappa shape index (κ3) is 4.53. The molecule has 8 nitrogen and oxygen atoms in total. The van der Waals surface area contributed by atoms with Crippen LogP contribution >= 0.6 is 0 Å². The van der Waals surface area contributed by atoms with Gasteiger partial charge in [0, 0.05) is 17.5 Å². The highest BCUT2D eigenvalue weighted by molar-refractivity contribution is 7.92. The van der Waals surface area contributed by atoms with Crippen molar-refractivity contribution in [2.45, 2.75) is 4.90 Å². The summed E-state index contributed by atoms with van der Waals surface area (Å²) in [6, 6.07) is 16.8.